The Balaban J connectivity index is -0.00000000206. The van der Waals surface area contributed by atoms with Gasteiger partial charge in [0.1, 0.15) is 0 Å². The van der Waals surface area contributed by atoms with Crippen LogP contribution in [0.25, 0.3) is 0 Å². The van der Waals surface area contributed by atoms with E-state index in [1.807, 2.05) is 6.92 Å². The summed E-state index contributed by atoms with van der Waals surface area (Å²) in [6.07, 6.45) is 2.08. The molecular formula is C8H17Y12-3. The van der Waals surface area contributed by atoms with Gasteiger partial charge >= 0.3 is 0 Å². The Morgan fingerprint density at radius 3 is 0.600 bits per heavy atom. The first kappa shape index (κ1) is 93.3. The molecule has 0 spiro atoms. The summed E-state index contributed by atoms with van der Waals surface area (Å²) >= 11 is 0. The van der Waals surface area contributed by atoms with Gasteiger partial charge in [-0.15, -0.1) is 13.8 Å². The molecule has 0 aliphatic carbocycles. The van der Waals surface area contributed by atoms with E-state index in [1.165, 1.54) is 0 Å². The fourth-order valence-corrected chi connectivity index (χ4v) is 0. The maximum absolute atomic E-state index is 3.83. The predicted octanol–water partition coefficient (Wildman–Crippen LogP) is 2.88. The third-order valence-corrected chi connectivity index (χ3v) is 0.781. The van der Waals surface area contributed by atoms with E-state index in [-0.39, 0.29) is 398 Å². The Kier molecular flexibility index (Phi) is 358. The summed E-state index contributed by atoms with van der Waals surface area (Å²) in [6.45, 7) is 15.0. The van der Waals surface area contributed by atoms with E-state index in [2.05, 4.69) is 34.1 Å². The zero-order valence-corrected chi connectivity index (χ0v) is 47.5. The van der Waals surface area contributed by atoms with Crippen molar-refractivity contribution in [1.29, 1.82) is 0 Å². The quantitative estimate of drug-likeness (QED) is 0.355. The van der Waals surface area contributed by atoms with Crippen molar-refractivity contribution in [2.24, 2.45) is 5.41 Å². The van der Waals surface area contributed by atoms with Crippen LogP contribution in [0.1, 0.15) is 27.7 Å². The van der Waals surface area contributed by atoms with Crippen molar-refractivity contribution in [2.75, 3.05) is 0 Å². The molecule has 0 aromatic carbocycles. The average molecular weight is 1180 g/mol. The van der Waals surface area contributed by atoms with Gasteiger partial charge < -0.3 is 20.3 Å². The number of hydrogen-bond donors (Lipinski definition) is 0. The summed E-state index contributed by atoms with van der Waals surface area (Å²) in [7, 11) is 0. The zero-order chi connectivity index (χ0) is 7.21. The summed E-state index contributed by atoms with van der Waals surface area (Å²) in [5.74, 6) is 0. The first-order valence-electron chi connectivity index (χ1n) is 2.93. The molecule has 20 heavy (non-hydrogen) atoms. The predicted molar refractivity (Wildman–Crippen MR) is 40.1 cm³/mol. The number of hydrogen-bond acceptors (Lipinski definition) is 0. The Morgan fingerprint density at radius 2 is 0.600 bits per heavy atom. The van der Waals surface area contributed by atoms with Crippen molar-refractivity contribution in [1.82, 2.24) is 0 Å². The third-order valence-electron chi connectivity index (χ3n) is 0.781. The molecule has 0 atom stereocenters. The standard InChI is InChI=1S/C6H12.C2H5.12Y/c1-5-6(2,3)4;1-2;;;;;;;;;;;;/h5H,2H2,1,3-4H3;1H2,2H3;;;;;;;;;;;;/q-2;-1;;;;;;;;;;;;. The Labute approximate surface area is 431 Å². The monoisotopic (exact) mass is 1180 g/mol. The molecule has 0 unspecified atom stereocenters. The van der Waals surface area contributed by atoms with Gasteiger partial charge in [-0.2, -0.15) is 13.8 Å². The smallest absolute Gasteiger partial charge is 0 e. The SMILES string of the molecule is [CH2-]C.[CH2-]C(C)(C)[CH-]C.[Y].[Y].[Y].[Y].[Y].[Y].[Y].[Y].[Y].[Y].[Y].[Y]. The van der Waals surface area contributed by atoms with Gasteiger partial charge in [-0.1, -0.05) is 0 Å². The molecule has 0 bridgehead atoms. The van der Waals surface area contributed by atoms with Crippen LogP contribution in [-0.2, 0) is 393 Å². The maximum atomic E-state index is 3.83. The molecule has 12 heteroatoms. The van der Waals surface area contributed by atoms with Crippen molar-refractivity contribution in [3.63, 3.8) is 0 Å². The molecule has 0 heterocycles. The van der Waals surface area contributed by atoms with E-state index in [0.29, 0.717) is 0 Å². The van der Waals surface area contributed by atoms with Crippen molar-refractivity contribution in [3.05, 3.63) is 20.3 Å². The second kappa shape index (κ2) is 76.8. The summed E-state index contributed by atoms with van der Waals surface area (Å²) in [4.78, 5) is 0. The molecule has 0 nitrogen and oxygen atoms in total. The van der Waals surface area contributed by atoms with Crippen LogP contribution in [0.2, 0.25) is 0 Å². The van der Waals surface area contributed by atoms with E-state index < -0.39 is 0 Å². The normalized spacial score (nSPS) is 3.90. The largest absolute Gasteiger partial charge is 0.367 e. The molecular weight excluding hydrogens is 1160 g/mol. The van der Waals surface area contributed by atoms with Crippen molar-refractivity contribution in [2.45, 2.75) is 27.7 Å². The van der Waals surface area contributed by atoms with Crippen LogP contribution < -0.4 is 0 Å². The minimum Gasteiger partial charge on any atom is -0.367 e. The minimum atomic E-state index is 0. The Morgan fingerprint density at radius 1 is 0.550 bits per heavy atom. The van der Waals surface area contributed by atoms with Crippen LogP contribution in [0.15, 0.2) is 0 Å². The molecule has 88 valence electrons. The van der Waals surface area contributed by atoms with Gasteiger partial charge in [-0.3, -0.25) is 5.41 Å². The van der Waals surface area contributed by atoms with Gasteiger partial charge in [-0.05, 0) is 0 Å². The van der Waals surface area contributed by atoms with Gasteiger partial charge in [0.2, 0.25) is 0 Å². The van der Waals surface area contributed by atoms with Gasteiger partial charge in [0, 0.05) is 393 Å². The first-order valence-corrected chi connectivity index (χ1v) is 2.93. The van der Waals surface area contributed by atoms with Crippen molar-refractivity contribution < 1.29 is 393 Å². The molecule has 0 saturated heterocycles. The molecule has 0 fully saturated rings. The minimum absolute atomic E-state index is 0. The first-order chi connectivity index (χ1) is 3.56. The summed E-state index contributed by atoms with van der Waals surface area (Å²) < 4.78 is 0. The zero-order valence-electron chi connectivity index (χ0n) is 13.4. The second-order valence-electron chi connectivity index (χ2n) is 2.28. The van der Waals surface area contributed by atoms with Crippen LogP contribution in [0.5, 0.6) is 0 Å². The van der Waals surface area contributed by atoms with Crippen LogP contribution in [-0.4, -0.2) is 0 Å². The van der Waals surface area contributed by atoms with Crippen LogP contribution in [0.3, 0.4) is 0 Å². The van der Waals surface area contributed by atoms with E-state index >= 15 is 0 Å². The van der Waals surface area contributed by atoms with Crippen molar-refractivity contribution >= 4 is 0 Å². The Bertz CT molecular complexity index is 49.2. The summed E-state index contributed by atoms with van der Waals surface area (Å²) in [5.41, 5.74) is 0.167. The average Bonchev–Trinajstić information content (AvgIpc) is 1.71. The fourth-order valence-electron chi connectivity index (χ4n) is 0. The fraction of sp³-hybridized carbons (Fsp3) is 0.625. The van der Waals surface area contributed by atoms with E-state index in [0.717, 1.165) is 0 Å². The van der Waals surface area contributed by atoms with Gasteiger partial charge in [0.05, 0.1) is 0 Å². The van der Waals surface area contributed by atoms with E-state index in [1.54, 1.807) is 6.92 Å². The molecule has 0 aliphatic rings. The summed E-state index contributed by atoms with van der Waals surface area (Å²) in [6, 6.07) is 0. The molecule has 0 amide bonds. The molecule has 0 aliphatic heterocycles. The van der Waals surface area contributed by atoms with Gasteiger partial charge in [0.15, 0.2) is 0 Å². The van der Waals surface area contributed by atoms with Crippen LogP contribution >= 0.6 is 0 Å². The molecule has 0 saturated carbocycles. The third kappa shape index (κ3) is 108. The van der Waals surface area contributed by atoms with E-state index in [9.17, 15) is 0 Å². The molecule has 0 N–H and O–H groups in total. The van der Waals surface area contributed by atoms with Crippen LogP contribution in [0.4, 0.5) is 0 Å². The second-order valence-corrected chi connectivity index (χ2v) is 2.28. The topological polar surface area (TPSA) is 0 Å². The van der Waals surface area contributed by atoms with E-state index in [4.69, 9.17) is 0 Å². The maximum Gasteiger partial charge on any atom is 0 e. The van der Waals surface area contributed by atoms with Crippen molar-refractivity contribution in [3.8, 4) is 0 Å². The molecule has 0 aromatic rings. The summed E-state index contributed by atoms with van der Waals surface area (Å²) in [5, 5.41) is 0. The van der Waals surface area contributed by atoms with Crippen LogP contribution in [0, 0.1) is 25.7 Å². The van der Waals surface area contributed by atoms with Gasteiger partial charge in [-0.25, -0.2) is 0 Å². The molecule has 0 aromatic heterocycles. The molecule has 12 radical (unpaired) electrons. The Hall–Kier alpha value is 13.2. The van der Waals surface area contributed by atoms with Gasteiger partial charge in [0.25, 0.3) is 0 Å². The number of rotatable bonds is 1. The molecule has 0 rings (SSSR count).